The lowest BCUT2D eigenvalue weighted by atomic mass is 10.1. The maximum atomic E-state index is 13.0. The van der Waals surface area contributed by atoms with E-state index in [1.165, 1.54) is 18.7 Å². The molecular formula is C21H19N3O2S2. The average molecular weight is 410 g/mol. The van der Waals surface area contributed by atoms with Gasteiger partial charge >= 0.3 is 0 Å². The molecule has 2 aliphatic rings. The van der Waals surface area contributed by atoms with Crippen LogP contribution in [-0.4, -0.2) is 35.4 Å². The van der Waals surface area contributed by atoms with Crippen molar-refractivity contribution in [1.29, 1.82) is 0 Å². The number of carbonyl (C=O) groups is 2. The van der Waals surface area contributed by atoms with E-state index in [0.717, 1.165) is 21.3 Å². The lowest BCUT2D eigenvalue weighted by Gasteiger charge is -2.15. The van der Waals surface area contributed by atoms with Gasteiger partial charge in [-0.2, -0.15) is 0 Å². The van der Waals surface area contributed by atoms with Crippen molar-refractivity contribution in [2.75, 3.05) is 18.5 Å². The molecule has 2 aromatic carbocycles. The summed E-state index contributed by atoms with van der Waals surface area (Å²) >= 11 is 3.02. The number of likely N-dealkylation sites (N-methyl/N-ethyl adjacent to an activating group) is 1. The van der Waals surface area contributed by atoms with E-state index in [2.05, 4.69) is 22.0 Å². The number of amidine groups is 1. The lowest BCUT2D eigenvalue weighted by molar-refractivity contribution is -0.122. The fraction of sp³-hybridized carbons (Fsp3) is 0.190. The third-order valence-corrected chi connectivity index (χ3v) is 7.04. The molecule has 2 aliphatic heterocycles. The monoisotopic (exact) mass is 409 g/mol. The standard InChI is InChI=1S/C21H19N3O2S2/c1-4-24-19(26)18(20-23(3)16-7-5-6-8-17(16)27-20)28-21(24)22-15-11-9-14(10-12-15)13(2)25/h5-12H,4H2,1-3H3. The van der Waals surface area contributed by atoms with Gasteiger partial charge in [0.2, 0.25) is 0 Å². The van der Waals surface area contributed by atoms with Gasteiger partial charge in [-0.1, -0.05) is 23.9 Å². The van der Waals surface area contributed by atoms with E-state index in [1.54, 1.807) is 40.9 Å². The normalized spacial score (nSPS) is 20.2. The molecule has 1 amide bonds. The highest BCUT2D eigenvalue weighted by molar-refractivity contribution is 8.19. The number of amides is 1. The van der Waals surface area contributed by atoms with Crippen LogP contribution in [0.4, 0.5) is 11.4 Å². The van der Waals surface area contributed by atoms with Gasteiger partial charge in [0.05, 0.1) is 16.4 Å². The Hall–Kier alpha value is -2.51. The van der Waals surface area contributed by atoms with Gasteiger partial charge in [-0.15, -0.1) is 0 Å². The quantitative estimate of drug-likeness (QED) is 0.534. The molecule has 0 spiro atoms. The smallest absolute Gasteiger partial charge is 0.269 e. The summed E-state index contributed by atoms with van der Waals surface area (Å²) in [6, 6.07) is 15.3. The molecule has 4 rings (SSSR count). The molecule has 0 bridgehead atoms. The maximum absolute atomic E-state index is 13.0. The summed E-state index contributed by atoms with van der Waals surface area (Å²) < 4.78 is 0. The van der Waals surface area contributed by atoms with E-state index in [4.69, 9.17) is 0 Å². The van der Waals surface area contributed by atoms with Gasteiger partial charge in [0.25, 0.3) is 5.91 Å². The Kier molecular flexibility index (Phi) is 5.03. The van der Waals surface area contributed by atoms with Crippen molar-refractivity contribution in [3.63, 3.8) is 0 Å². The number of para-hydroxylation sites is 1. The molecule has 0 aliphatic carbocycles. The van der Waals surface area contributed by atoms with Crippen LogP contribution < -0.4 is 4.90 Å². The third kappa shape index (κ3) is 3.25. The van der Waals surface area contributed by atoms with E-state index in [1.807, 2.05) is 26.1 Å². The third-order valence-electron chi connectivity index (χ3n) is 4.61. The molecule has 7 heteroatoms. The number of hydrogen-bond acceptors (Lipinski definition) is 6. The van der Waals surface area contributed by atoms with Crippen LogP contribution in [0.2, 0.25) is 0 Å². The number of fused-ring (bicyclic) bond motifs is 1. The minimum Gasteiger partial charge on any atom is -0.337 e. The largest absolute Gasteiger partial charge is 0.337 e. The van der Waals surface area contributed by atoms with Crippen LogP contribution in [0.15, 0.2) is 68.4 Å². The summed E-state index contributed by atoms with van der Waals surface area (Å²) in [6.45, 7) is 4.03. The summed E-state index contributed by atoms with van der Waals surface area (Å²) in [5.74, 6) is 0.00134. The first-order valence-corrected chi connectivity index (χ1v) is 10.6. The van der Waals surface area contributed by atoms with Crippen LogP contribution in [0.25, 0.3) is 0 Å². The number of anilines is 1. The fourth-order valence-electron chi connectivity index (χ4n) is 3.08. The van der Waals surface area contributed by atoms with Gasteiger partial charge in [-0.3, -0.25) is 14.5 Å². The van der Waals surface area contributed by atoms with Crippen molar-refractivity contribution in [2.24, 2.45) is 4.99 Å². The highest BCUT2D eigenvalue weighted by Crippen LogP contribution is 2.49. The van der Waals surface area contributed by atoms with Crippen LogP contribution in [0.1, 0.15) is 24.2 Å². The van der Waals surface area contributed by atoms with E-state index in [0.29, 0.717) is 22.2 Å². The van der Waals surface area contributed by atoms with Gasteiger partial charge in [-0.05, 0) is 62.0 Å². The summed E-state index contributed by atoms with van der Waals surface area (Å²) in [5, 5.41) is 1.60. The zero-order valence-corrected chi connectivity index (χ0v) is 17.4. The van der Waals surface area contributed by atoms with Crippen LogP contribution in [0.3, 0.4) is 0 Å². The number of ketones is 1. The van der Waals surface area contributed by atoms with Crippen LogP contribution >= 0.6 is 23.5 Å². The van der Waals surface area contributed by atoms with E-state index in [9.17, 15) is 9.59 Å². The molecule has 28 heavy (non-hydrogen) atoms. The molecule has 0 radical (unpaired) electrons. The topological polar surface area (TPSA) is 53.0 Å². The molecule has 0 unspecified atom stereocenters. The molecular weight excluding hydrogens is 390 g/mol. The summed E-state index contributed by atoms with van der Waals surface area (Å²) in [4.78, 5) is 34.8. The molecule has 142 valence electrons. The number of rotatable bonds is 3. The minimum atomic E-state index is -0.0197. The first-order valence-electron chi connectivity index (χ1n) is 8.94. The number of nitrogens with zero attached hydrogens (tertiary/aromatic N) is 3. The van der Waals surface area contributed by atoms with E-state index < -0.39 is 0 Å². The van der Waals surface area contributed by atoms with E-state index >= 15 is 0 Å². The minimum absolute atomic E-state index is 0.0197. The molecule has 0 atom stereocenters. The van der Waals surface area contributed by atoms with Gasteiger partial charge in [0.15, 0.2) is 11.0 Å². The molecule has 1 saturated heterocycles. The molecule has 2 aromatic rings. The Balaban J connectivity index is 1.68. The zero-order chi connectivity index (χ0) is 19.8. The van der Waals surface area contributed by atoms with Crippen molar-refractivity contribution in [3.8, 4) is 0 Å². The number of Topliss-reactive ketones (excluding diaryl/α,β-unsaturated/α-hetero) is 1. The second kappa shape index (κ2) is 7.48. The number of hydrogen-bond donors (Lipinski definition) is 0. The van der Waals surface area contributed by atoms with Crippen LogP contribution in [0.5, 0.6) is 0 Å². The van der Waals surface area contributed by atoms with Crippen molar-refractivity contribution < 1.29 is 9.59 Å². The Morgan fingerprint density at radius 2 is 1.79 bits per heavy atom. The average Bonchev–Trinajstić information content (AvgIpc) is 3.19. The molecule has 5 nitrogen and oxygen atoms in total. The number of aliphatic imine (C=N–C) groups is 1. The predicted octanol–water partition coefficient (Wildman–Crippen LogP) is 4.88. The molecule has 2 heterocycles. The van der Waals surface area contributed by atoms with Crippen LogP contribution in [0, 0.1) is 0 Å². The Morgan fingerprint density at radius 1 is 1.07 bits per heavy atom. The maximum Gasteiger partial charge on any atom is 0.269 e. The number of carbonyl (C=O) groups excluding carboxylic acids is 2. The first-order chi connectivity index (χ1) is 13.5. The van der Waals surface area contributed by atoms with E-state index in [-0.39, 0.29) is 11.7 Å². The van der Waals surface area contributed by atoms with Crippen molar-refractivity contribution in [2.45, 2.75) is 18.7 Å². The summed E-state index contributed by atoms with van der Waals surface area (Å²) in [5.41, 5.74) is 2.48. The van der Waals surface area contributed by atoms with Gasteiger partial charge < -0.3 is 4.90 Å². The second-order valence-corrected chi connectivity index (χ2v) is 8.42. The second-order valence-electron chi connectivity index (χ2n) is 6.41. The van der Waals surface area contributed by atoms with Crippen molar-refractivity contribution in [1.82, 2.24) is 4.90 Å². The SMILES string of the molecule is CCN1C(=O)C(=C2Sc3ccccc3N2C)SC1=Nc1ccc(C(C)=O)cc1. The highest BCUT2D eigenvalue weighted by atomic mass is 32.2. The molecule has 0 aromatic heterocycles. The lowest BCUT2D eigenvalue weighted by Crippen LogP contribution is -2.29. The van der Waals surface area contributed by atoms with Gasteiger partial charge in [0, 0.05) is 24.1 Å². The Labute approximate surface area is 172 Å². The Bertz CT molecular complexity index is 1030. The van der Waals surface area contributed by atoms with Crippen molar-refractivity contribution in [3.05, 3.63) is 64.0 Å². The highest BCUT2D eigenvalue weighted by Gasteiger charge is 2.38. The zero-order valence-electron chi connectivity index (χ0n) is 15.8. The van der Waals surface area contributed by atoms with Crippen molar-refractivity contribution >= 4 is 51.8 Å². The summed E-state index contributed by atoms with van der Waals surface area (Å²) in [6.07, 6.45) is 0. The Morgan fingerprint density at radius 3 is 2.43 bits per heavy atom. The number of benzene rings is 2. The molecule has 0 saturated carbocycles. The first kappa shape index (κ1) is 18.8. The van der Waals surface area contributed by atoms with Crippen LogP contribution in [-0.2, 0) is 4.79 Å². The van der Waals surface area contributed by atoms with Gasteiger partial charge in [0.1, 0.15) is 4.91 Å². The number of thioether (sulfide) groups is 2. The van der Waals surface area contributed by atoms with Gasteiger partial charge in [-0.25, -0.2) is 4.99 Å². The fourth-order valence-corrected chi connectivity index (χ4v) is 5.49. The molecule has 0 N–H and O–H groups in total. The predicted molar refractivity (Wildman–Crippen MR) is 116 cm³/mol. The molecule has 1 fully saturated rings. The summed E-state index contributed by atoms with van der Waals surface area (Å²) in [7, 11) is 1.99.